The lowest BCUT2D eigenvalue weighted by Gasteiger charge is -2.52. The van der Waals surface area contributed by atoms with Gasteiger partial charge in [0.05, 0.1) is 11.9 Å². The van der Waals surface area contributed by atoms with Crippen molar-refractivity contribution < 1.29 is 22.2 Å². The topological polar surface area (TPSA) is 96.0 Å². The minimum atomic E-state index is -3.69. The van der Waals surface area contributed by atoms with E-state index in [1.54, 1.807) is 0 Å². The number of unbranched alkanes of at least 4 members (excludes halogenated alkanes) is 1. The lowest BCUT2D eigenvalue weighted by atomic mass is 9.77. The minimum absolute atomic E-state index is 0.0957. The second kappa shape index (κ2) is 11.2. The molecule has 1 saturated carbocycles. The molecule has 0 bridgehead atoms. The summed E-state index contributed by atoms with van der Waals surface area (Å²) in [6, 6.07) is 9.54. The summed E-state index contributed by atoms with van der Waals surface area (Å²) in [5.74, 6) is -0.200. The summed E-state index contributed by atoms with van der Waals surface area (Å²) in [6.45, 7) is 4.93. The third kappa shape index (κ3) is 6.11. The zero-order chi connectivity index (χ0) is 25.8. The molecule has 2 heterocycles. The number of nitrogens with zero attached hydrogens (tertiary/aromatic N) is 2. The quantitative estimate of drug-likeness (QED) is 0.504. The number of rotatable bonds is 9. The highest BCUT2D eigenvalue weighted by molar-refractivity contribution is 7.86. The summed E-state index contributed by atoms with van der Waals surface area (Å²) in [4.78, 5) is 31.8. The van der Waals surface area contributed by atoms with E-state index in [4.69, 9.17) is 4.18 Å². The van der Waals surface area contributed by atoms with Crippen molar-refractivity contribution in [3.8, 4) is 0 Å². The normalized spacial score (nSPS) is 24.6. The smallest absolute Gasteiger partial charge is 0.264 e. The Morgan fingerprint density at radius 1 is 1.03 bits per heavy atom. The highest BCUT2D eigenvalue weighted by atomic mass is 32.2. The molecular weight excluding hydrogens is 478 g/mol. The van der Waals surface area contributed by atoms with Gasteiger partial charge in [-0.25, -0.2) is 0 Å². The minimum Gasteiger partial charge on any atom is -0.342 e. The van der Waals surface area contributed by atoms with E-state index in [1.807, 2.05) is 23.1 Å². The van der Waals surface area contributed by atoms with Crippen LogP contribution in [0.15, 0.2) is 30.3 Å². The molecular formula is C27H41N3O5S. The SMILES string of the molecule is CCCCN1C(=O)[C@@H](CC2(OS(C)(=O)=O)CCCCC2)NC(=O)C12CCN(Cc1ccccc1)CC2. The standard InChI is InChI=1S/C27H41N3O5S/c1-3-4-17-30-24(31)23(20-26(35-36(2,33)34)13-9-6-10-14-26)28-25(32)27(30)15-18-29(19-16-27)21-22-11-7-5-8-12-22/h5,7-8,11-12,23H,3-4,6,9-10,13-21H2,1-2H3,(H,28,32)/t23-/m1/s1. The lowest BCUT2D eigenvalue weighted by Crippen LogP contribution is -2.73. The van der Waals surface area contributed by atoms with Crippen molar-refractivity contribution in [1.82, 2.24) is 15.1 Å². The molecule has 2 amide bonds. The number of hydrogen-bond acceptors (Lipinski definition) is 6. The fourth-order valence-electron chi connectivity index (χ4n) is 6.29. The van der Waals surface area contributed by atoms with Crippen LogP contribution in [0.5, 0.6) is 0 Å². The molecule has 1 N–H and O–H groups in total. The molecule has 36 heavy (non-hydrogen) atoms. The average molecular weight is 520 g/mol. The van der Waals surface area contributed by atoms with Gasteiger partial charge >= 0.3 is 0 Å². The molecule has 1 atom stereocenters. The van der Waals surface area contributed by atoms with Gasteiger partial charge < -0.3 is 10.2 Å². The molecule has 0 radical (unpaired) electrons. The predicted molar refractivity (Wildman–Crippen MR) is 139 cm³/mol. The first kappa shape index (κ1) is 27.1. The first-order chi connectivity index (χ1) is 17.2. The molecule has 2 aliphatic heterocycles. The van der Waals surface area contributed by atoms with Crippen LogP contribution in [0.2, 0.25) is 0 Å². The Labute approximate surface area is 215 Å². The van der Waals surface area contributed by atoms with Crippen LogP contribution in [-0.4, -0.2) is 73.1 Å². The van der Waals surface area contributed by atoms with Crippen molar-refractivity contribution in [3.63, 3.8) is 0 Å². The molecule has 9 heteroatoms. The molecule has 8 nitrogen and oxygen atoms in total. The van der Waals surface area contributed by atoms with Gasteiger partial charge in [0.25, 0.3) is 10.1 Å². The molecule has 1 aliphatic carbocycles. The monoisotopic (exact) mass is 519 g/mol. The van der Waals surface area contributed by atoms with Crippen LogP contribution in [0.1, 0.15) is 76.7 Å². The van der Waals surface area contributed by atoms with Gasteiger partial charge in [-0.05, 0) is 37.7 Å². The molecule has 3 fully saturated rings. The van der Waals surface area contributed by atoms with Crippen LogP contribution in [0.4, 0.5) is 0 Å². The first-order valence-corrected chi connectivity index (χ1v) is 15.3. The number of carbonyl (C=O) groups is 2. The average Bonchev–Trinajstić information content (AvgIpc) is 2.84. The lowest BCUT2D eigenvalue weighted by molar-refractivity contribution is -0.163. The van der Waals surface area contributed by atoms with Gasteiger partial charge in [0.2, 0.25) is 11.8 Å². The Morgan fingerprint density at radius 3 is 2.31 bits per heavy atom. The molecule has 4 rings (SSSR count). The number of piperidine rings is 1. The number of piperazine rings is 1. The van der Waals surface area contributed by atoms with Gasteiger partial charge in [0.1, 0.15) is 11.6 Å². The van der Waals surface area contributed by atoms with Crippen LogP contribution in [0.3, 0.4) is 0 Å². The number of hydrogen-bond donors (Lipinski definition) is 1. The summed E-state index contributed by atoms with van der Waals surface area (Å²) in [7, 11) is -3.69. The maximum absolute atomic E-state index is 13.9. The Morgan fingerprint density at radius 2 is 1.69 bits per heavy atom. The van der Waals surface area contributed by atoms with Crippen LogP contribution in [-0.2, 0) is 30.4 Å². The van der Waals surface area contributed by atoms with Crippen molar-refractivity contribution in [2.75, 3.05) is 25.9 Å². The summed E-state index contributed by atoms with van der Waals surface area (Å²) < 4.78 is 29.8. The van der Waals surface area contributed by atoms with Gasteiger partial charge in [-0.3, -0.25) is 18.7 Å². The van der Waals surface area contributed by atoms with E-state index in [0.717, 1.165) is 58.0 Å². The maximum atomic E-state index is 13.9. The number of likely N-dealkylation sites (tertiary alicyclic amines) is 1. The largest absolute Gasteiger partial charge is 0.342 e. The van der Waals surface area contributed by atoms with Crippen molar-refractivity contribution in [3.05, 3.63) is 35.9 Å². The van der Waals surface area contributed by atoms with E-state index in [2.05, 4.69) is 29.3 Å². The number of nitrogens with one attached hydrogen (secondary N) is 1. The van der Waals surface area contributed by atoms with E-state index in [1.165, 1.54) is 5.56 Å². The maximum Gasteiger partial charge on any atom is 0.264 e. The Bertz CT molecular complexity index is 1020. The van der Waals surface area contributed by atoms with Crippen molar-refractivity contribution >= 4 is 21.9 Å². The number of carbonyl (C=O) groups excluding carboxylic acids is 2. The van der Waals surface area contributed by atoms with E-state index in [-0.39, 0.29) is 18.2 Å². The van der Waals surface area contributed by atoms with Gasteiger partial charge in [-0.2, -0.15) is 8.42 Å². The van der Waals surface area contributed by atoms with E-state index in [0.29, 0.717) is 32.2 Å². The van der Waals surface area contributed by atoms with Gasteiger partial charge in [-0.15, -0.1) is 0 Å². The van der Waals surface area contributed by atoms with E-state index >= 15 is 0 Å². The second-order valence-corrected chi connectivity index (χ2v) is 12.5. The fourth-order valence-corrected chi connectivity index (χ4v) is 7.16. The zero-order valence-corrected chi connectivity index (χ0v) is 22.5. The van der Waals surface area contributed by atoms with E-state index < -0.39 is 27.3 Å². The van der Waals surface area contributed by atoms with Gasteiger partial charge in [0.15, 0.2) is 0 Å². The van der Waals surface area contributed by atoms with Crippen molar-refractivity contribution in [2.24, 2.45) is 0 Å². The van der Waals surface area contributed by atoms with Gasteiger partial charge in [-0.1, -0.05) is 62.9 Å². The Kier molecular flexibility index (Phi) is 8.42. The van der Waals surface area contributed by atoms with Crippen LogP contribution < -0.4 is 5.32 Å². The third-order valence-corrected chi connectivity index (χ3v) is 8.80. The van der Waals surface area contributed by atoms with Crippen molar-refractivity contribution in [1.29, 1.82) is 0 Å². The van der Waals surface area contributed by atoms with E-state index in [9.17, 15) is 18.0 Å². The number of amides is 2. The summed E-state index contributed by atoms with van der Waals surface area (Å²) in [6.07, 6.45) is 8.08. The summed E-state index contributed by atoms with van der Waals surface area (Å²) in [5, 5.41) is 3.03. The summed E-state index contributed by atoms with van der Waals surface area (Å²) >= 11 is 0. The summed E-state index contributed by atoms with van der Waals surface area (Å²) in [5.41, 5.74) is -0.531. The van der Waals surface area contributed by atoms with Crippen LogP contribution >= 0.6 is 0 Å². The second-order valence-electron chi connectivity index (χ2n) is 10.9. The van der Waals surface area contributed by atoms with Crippen LogP contribution in [0.25, 0.3) is 0 Å². The molecule has 3 aliphatic rings. The molecule has 1 aromatic carbocycles. The third-order valence-electron chi connectivity index (χ3n) is 8.15. The highest BCUT2D eigenvalue weighted by Crippen LogP contribution is 2.40. The first-order valence-electron chi connectivity index (χ1n) is 13.5. The zero-order valence-electron chi connectivity index (χ0n) is 21.7. The molecule has 200 valence electrons. The number of benzene rings is 1. The Hall–Kier alpha value is -1.97. The van der Waals surface area contributed by atoms with Crippen molar-refractivity contribution in [2.45, 2.75) is 94.9 Å². The molecule has 1 aromatic rings. The molecule has 0 unspecified atom stereocenters. The Balaban J connectivity index is 1.51. The molecule has 1 spiro atoms. The van der Waals surface area contributed by atoms with Crippen LogP contribution in [0, 0.1) is 0 Å². The highest BCUT2D eigenvalue weighted by Gasteiger charge is 2.55. The molecule has 0 aromatic heterocycles. The van der Waals surface area contributed by atoms with Gasteiger partial charge in [0, 0.05) is 32.6 Å². The molecule has 2 saturated heterocycles. The predicted octanol–water partition coefficient (Wildman–Crippen LogP) is 3.22. The fraction of sp³-hybridized carbons (Fsp3) is 0.704.